The van der Waals surface area contributed by atoms with Crippen LogP contribution in [0.25, 0.3) is 0 Å². The molecule has 0 radical (unpaired) electrons. The van der Waals surface area contributed by atoms with E-state index in [1.807, 2.05) is 6.07 Å². The Hall–Kier alpha value is -2.52. The van der Waals surface area contributed by atoms with Crippen molar-refractivity contribution >= 4 is 0 Å². The second-order valence-electron chi connectivity index (χ2n) is 4.06. The quantitative estimate of drug-likeness (QED) is 0.856. The summed E-state index contributed by atoms with van der Waals surface area (Å²) in [4.78, 5) is 8.27. The number of benzene rings is 1. The maximum absolute atomic E-state index is 13.7. The minimum atomic E-state index is -0.617. The predicted octanol–water partition coefficient (Wildman–Crippen LogP) is 2.73. The molecule has 0 atom stereocenters. The molecule has 0 spiro atoms. The number of hydrogen-bond donors (Lipinski definition) is 0. The van der Waals surface area contributed by atoms with Crippen molar-refractivity contribution in [2.45, 2.75) is 13.5 Å². The molecular formula is C14H12FN3O2. The van der Waals surface area contributed by atoms with Gasteiger partial charge in [0, 0.05) is 18.9 Å². The summed E-state index contributed by atoms with van der Waals surface area (Å²) in [7, 11) is 1.53. The molecule has 2 rings (SSSR count). The van der Waals surface area contributed by atoms with Crippen LogP contribution in [0.3, 0.4) is 0 Å². The molecule has 0 bridgehead atoms. The van der Waals surface area contributed by atoms with Crippen LogP contribution in [0, 0.1) is 24.1 Å². The van der Waals surface area contributed by atoms with Crippen LogP contribution in [0.2, 0.25) is 0 Å². The van der Waals surface area contributed by atoms with Crippen LogP contribution in [0.15, 0.2) is 24.3 Å². The largest absolute Gasteiger partial charge is 0.436 e. The Morgan fingerprint density at radius 2 is 2.10 bits per heavy atom. The van der Waals surface area contributed by atoms with Crippen molar-refractivity contribution in [2.75, 3.05) is 7.11 Å². The molecule has 0 aliphatic carbocycles. The monoisotopic (exact) mass is 273 g/mol. The smallest absolute Gasteiger partial charge is 0.223 e. The molecule has 102 valence electrons. The average molecular weight is 273 g/mol. The van der Waals surface area contributed by atoms with Gasteiger partial charge in [-0.15, -0.1) is 0 Å². The Morgan fingerprint density at radius 3 is 2.75 bits per heavy atom. The minimum absolute atomic E-state index is 0.00506. The van der Waals surface area contributed by atoms with Crippen molar-refractivity contribution in [2.24, 2.45) is 0 Å². The zero-order chi connectivity index (χ0) is 14.5. The van der Waals surface area contributed by atoms with Crippen molar-refractivity contribution < 1.29 is 13.9 Å². The van der Waals surface area contributed by atoms with Crippen molar-refractivity contribution in [3.8, 4) is 17.7 Å². The molecule has 0 saturated carbocycles. The second-order valence-corrected chi connectivity index (χ2v) is 4.06. The number of nitrogens with zero attached hydrogens (tertiary/aromatic N) is 3. The summed E-state index contributed by atoms with van der Waals surface area (Å²) >= 11 is 0. The number of aryl methyl sites for hydroxylation is 1. The number of nitriles is 1. The zero-order valence-corrected chi connectivity index (χ0v) is 11.1. The fourth-order valence-corrected chi connectivity index (χ4v) is 1.61. The van der Waals surface area contributed by atoms with E-state index in [0.29, 0.717) is 11.5 Å². The normalized spacial score (nSPS) is 10.1. The van der Waals surface area contributed by atoms with E-state index in [9.17, 15) is 4.39 Å². The van der Waals surface area contributed by atoms with E-state index in [4.69, 9.17) is 14.7 Å². The van der Waals surface area contributed by atoms with Gasteiger partial charge in [-0.3, -0.25) is 0 Å². The Labute approximate surface area is 115 Å². The van der Waals surface area contributed by atoms with Gasteiger partial charge in [-0.05, 0) is 25.1 Å². The van der Waals surface area contributed by atoms with Gasteiger partial charge in [0.2, 0.25) is 5.88 Å². The van der Waals surface area contributed by atoms with E-state index < -0.39 is 5.82 Å². The number of halogens is 1. The molecule has 0 unspecified atom stereocenters. The predicted molar refractivity (Wildman–Crippen MR) is 68.7 cm³/mol. The molecule has 1 heterocycles. The molecule has 0 aliphatic rings. The first kappa shape index (κ1) is 13.9. The molecule has 0 saturated heterocycles. The SMILES string of the molecule is COCc1nc(C)cc(Oc2ccc(C#N)cc2F)n1. The molecule has 20 heavy (non-hydrogen) atoms. The summed E-state index contributed by atoms with van der Waals surface area (Å²) in [6.07, 6.45) is 0. The lowest BCUT2D eigenvalue weighted by molar-refractivity contribution is 0.177. The van der Waals surface area contributed by atoms with Crippen LogP contribution in [0.5, 0.6) is 11.6 Å². The van der Waals surface area contributed by atoms with Gasteiger partial charge >= 0.3 is 0 Å². The molecule has 0 amide bonds. The number of methoxy groups -OCH3 is 1. The molecule has 0 N–H and O–H groups in total. The number of rotatable bonds is 4. The lowest BCUT2D eigenvalue weighted by Crippen LogP contribution is -2.01. The summed E-state index contributed by atoms with van der Waals surface area (Å²) in [6, 6.07) is 7.43. The number of hydrogen-bond acceptors (Lipinski definition) is 5. The molecule has 1 aromatic carbocycles. The van der Waals surface area contributed by atoms with E-state index in [0.717, 1.165) is 6.07 Å². The summed E-state index contributed by atoms with van der Waals surface area (Å²) in [5.41, 5.74) is 0.921. The van der Waals surface area contributed by atoms with Gasteiger partial charge in [-0.1, -0.05) is 0 Å². The van der Waals surface area contributed by atoms with Crippen molar-refractivity contribution in [3.05, 3.63) is 47.2 Å². The second kappa shape index (κ2) is 6.08. The maximum atomic E-state index is 13.7. The average Bonchev–Trinajstić information content (AvgIpc) is 2.41. The van der Waals surface area contributed by atoms with Crippen molar-refractivity contribution in [1.82, 2.24) is 9.97 Å². The molecule has 5 nitrogen and oxygen atoms in total. The van der Waals surface area contributed by atoms with E-state index in [2.05, 4.69) is 9.97 Å². The fraction of sp³-hybridized carbons (Fsp3) is 0.214. The highest BCUT2D eigenvalue weighted by atomic mass is 19.1. The topological polar surface area (TPSA) is 68.0 Å². The lowest BCUT2D eigenvalue weighted by Gasteiger charge is -2.08. The highest BCUT2D eigenvalue weighted by molar-refractivity contribution is 5.37. The molecule has 0 fully saturated rings. The Bertz CT molecular complexity index is 668. The maximum Gasteiger partial charge on any atom is 0.223 e. The fourth-order valence-electron chi connectivity index (χ4n) is 1.61. The van der Waals surface area contributed by atoms with Crippen molar-refractivity contribution in [1.29, 1.82) is 5.26 Å². The highest BCUT2D eigenvalue weighted by Crippen LogP contribution is 2.24. The van der Waals surface area contributed by atoms with Crippen LogP contribution in [-0.4, -0.2) is 17.1 Å². The summed E-state index contributed by atoms with van der Waals surface area (Å²) in [5.74, 6) is 0.0729. The molecule has 1 aromatic heterocycles. The third kappa shape index (κ3) is 3.28. The highest BCUT2D eigenvalue weighted by Gasteiger charge is 2.09. The molecule has 6 heteroatoms. The van der Waals surface area contributed by atoms with Gasteiger partial charge < -0.3 is 9.47 Å². The summed E-state index contributed by atoms with van der Waals surface area (Å²) in [5, 5.41) is 8.68. The van der Waals surface area contributed by atoms with E-state index >= 15 is 0 Å². The van der Waals surface area contributed by atoms with Crippen LogP contribution in [-0.2, 0) is 11.3 Å². The zero-order valence-electron chi connectivity index (χ0n) is 11.1. The van der Waals surface area contributed by atoms with E-state index in [-0.39, 0.29) is 23.8 Å². The standard InChI is InChI=1S/C14H12FN3O2/c1-9-5-14(18-13(17-9)8-19-2)20-12-4-3-10(7-16)6-11(12)15/h3-6H,8H2,1-2H3. The lowest BCUT2D eigenvalue weighted by atomic mass is 10.2. The van der Waals surface area contributed by atoms with Gasteiger partial charge in [0.25, 0.3) is 0 Å². The first-order valence-corrected chi connectivity index (χ1v) is 5.83. The minimum Gasteiger partial charge on any atom is -0.436 e. The van der Waals surface area contributed by atoms with Gasteiger partial charge in [0.1, 0.15) is 6.61 Å². The van der Waals surface area contributed by atoms with Crippen LogP contribution >= 0.6 is 0 Å². The van der Waals surface area contributed by atoms with Crippen LogP contribution in [0.4, 0.5) is 4.39 Å². The van der Waals surface area contributed by atoms with E-state index in [1.165, 1.54) is 19.2 Å². The Morgan fingerprint density at radius 1 is 1.30 bits per heavy atom. The van der Waals surface area contributed by atoms with Gasteiger partial charge in [0.05, 0.1) is 11.6 Å². The van der Waals surface area contributed by atoms with Gasteiger partial charge in [-0.25, -0.2) is 9.37 Å². The van der Waals surface area contributed by atoms with E-state index in [1.54, 1.807) is 13.0 Å². The molecule has 2 aromatic rings. The van der Waals surface area contributed by atoms with Gasteiger partial charge in [0.15, 0.2) is 17.4 Å². The first-order valence-electron chi connectivity index (χ1n) is 5.83. The summed E-state index contributed by atoms with van der Waals surface area (Å²) in [6.45, 7) is 2.02. The Kier molecular flexibility index (Phi) is 4.23. The number of ether oxygens (including phenoxy) is 2. The third-order valence-electron chi connectivity index (χ3n) is 2.43. The molecular weight excluding hydrogens is 261 g/mol. The molecule has 0 aliphatic heterocycles. The van der Waals surface area contributed by atoms with Crippen LogP contribution in [0.1, 0.15) is 17.1 Å². The summed E-state index contributed by atoms with van der Waals surface area (Å²) < 4.78 is 24.1. The van der Waals surface area contributed by atoms with Gasteiger partial charge in [-0.2, -0.15) is 10.2 Å². The van der Waals surface area contributed by atoms with Crippen LogP contribution < -0.4 is 4.74 Å². The first-order chi connectivity index (χ1) is 9.62. The van der Waals surface area contributed by atoms with Crippen molar-refractivity contribution in [3.63, 3.8) is 0 Å². The Balaban J connectivity index is 2.28. The number of aromatic nitrogens is 2. The third-order valence-corrected chi connectivity index (χ3v) is 2.43.